The van der Waals surface area contributed by atoms with E-state index in [9.17, 15) is 9.59 Å². The number of carboxylic acids is 1. The Kier molecular flexibility index (Phi) is 4.92. The minimum absolute atomic E-state index is 0.00968. The summed E-state index contributed by atoms with van der Waals surface area (Å²) in [6.07, 6.45) is -1.88. The van der Waals surface area contributed by atoms with E-state index in [2.05, 4.69) is 4.84 Å². The standard InChI is InChI=1S/C10H9Cl2NO5/c1-17-8-5(12)3-2-4(11)6(8)7(14)9(18-13)10(15)16/h2-3,9H,13H2,1H3,(H,15,16). The van der Waals surface area contributed by atoms with E-state index in [1.807, 2.05) is 0 Å². The van der Waals surface area contributed by atoms with E-state index in [0.717, 1.165) is 0 Å². The van der Waals surface area contributed by atoms with E-state index in [1.54, 1.807) is 0 Å². The van der Waals surface area contributed by atoms with Gasteiger partial charge in [-0.25, -0.2) is 10.7 Å². The van der Waals surface area contributed by atoms with E-state index in [-0.39, 0.29) is 21.4 Å². The summed E-state index contributed by atoms with van der Waals surface area (Å²) in [6, 6.07) is 2.76. The van der Waals surface area contributed by atoms with Crippen molar-refractivity contribution in [2.24, 2.45) is 5.90 Å². The van der Waals surface area contributed by atoms with E-state index < -0.39 is 17.9 Å². The lowest BCUT2D eigenvalue weighted by Gasteiger charge is -2.14. The number of carboxylic acid groups (broad SMARTS) is 1. The molecule has 0 aliphatic carbocycles. The van der Waals surface area contributed by atoms with E-state index in [1.165, 1.54) is 19.2 Å². The molecule has 0 spiro atoms. The Balaban J connectivity index is 3.36. The summed E-state index contributed by atoms with van der Waals surface area (Å²) < 4.78 is 4.93. The smallest absolute Gasteiger partial charge is 0.343 e. The molecule has 8 heteroatoms. The van der Waals surface area contributed by atoms with Crippen LogP contribution in [0.25, 0.3) is 0 Å². The van der Waals surface area contributed by atoms with E-state index in [0.29, 0.717) is 0 Å². The van der Waals surface area contributed by atoms with Crippen molar-refractivity contribution in [3.63, 3.8) is 0 Å². The summed E-state index contributed by atoms with van der Waals surface area (Å²) in [5.74, 6) is 2.25. The average molecular weight is 294 g/mol. The summed E-state index contributed by atoms with van der Waals surface area (Å²) in [7, 11) is 1.27. The summed E-state index contributed by atoms with van der Waals surface area (Å²) >= 11 is 11.6. The zero-order valence-corrected chi connectivity index (χ0v) is 10.7. The lowest BCUT2D eigenvalue weighted by molar-refractivity contribution is -0.147. The molecule has 0 heterocycles. The van der Waals surface area contributed by atoms with Gasteiger partial charge in [0.05, 0.1) is 22.7 Å². The molecule has 0 aliphatic rings. The number of aliphatic carboxylic acids is 1. The molecule has 0 radical (unpaired) electrons. The van der Waals surface area contributed by atoms with Crippen LogP contribution in [0.15, 0.2) is 12.1 Å². The number of hydrogen-bond donors (Lipinski definition) is 2. The molecule has 6 nitrogen and oxygen atoms in total. The normalized spacial score (nSPS) is 12.0. The van der Waals surface area contributed by atoms with Crippen LogP contribution >= 0.6 is 23.2 Å². The highest BCUT2D eigenvalue weighted by Gasteiger charge is 2.32. The summed E-state index contributed by atoms with van der Waals surface area (Å²) in [6.45, 7) is 0. The highest BCUT2D eigenvalue weighted by molar-refractivity contribution is 6.38. The highest BCUT2D eigenvalue weighted by Crippen LogP contribution is 2.34. The Bertz CT molecular complexity index is 491. The zero-order chi connectivity index (χ0) is 13.9. The van der Waals surface area contributed by atoms with Crippen molar-refractivity contribution in [1.29, 1.82) is 0 Å². The van der Waals surface area contributed by atoms with Crippen LogP contribution in [0.5, 0.6) is 5.75 Å². The SMILES string of the molecule is COc1c(Cl)ccc(Cl)c1C(=O)C(ON)C(=O)O. The molecular formula is C10H9Cl2NO5. The number of rotatable bonds is 5. The van der Waals surface area contributed by atoms with Crippen LogP contribution in [0.2, 0.25) is 10.0 Å². The molecule has 0 amide bonds. The predicted octanol–water partition coefficient (Wildman–Crippen LogP) is 1.53. The van der Waals surface area contributed by atoms with Gasteiger partial charge in [-0.1, -0.05) is 23.2 Å². The first-order valence-corrected chi connectivity index (χ1v) is 5.34. The van der Waals surface area contributed by atoms with Gasteiger partial charge in [0.2, 0.25) is 11.9 Å². The molecule has 0 aliphatic heterocycles. The van der Waals surface area contributed by atoms with E-state index >= 15 is 0 Å². The van der Waals surface area contributed by atoms with E-state index in [4.69, 9.17) is 38.9 Å². The van der Waals surface area contributed by atoms with Crippen LogP contribution in [-0.4, -0.2) is 30.1 Å². The first-order chi connectivity index (χ1) is 8.43. The van der Waals surface area contributed by atoms with Gasteiger partial charge >= 0.3 is 5.97 Å². The van der Waals surface area contributed by atoms with Gasteiger partial charge in [0, 0.05) is 0 Å². The first-order valence-electron chi connectivity index (χ1n) is 4.58. The van der Waals surface area contributed by atoms with Gasteiger partial charge in [-0.2, -0.15) is 0 Å². The third-order valence-corrected chi connectivity index (χ3v) is 2.72. The van der Waals surface area contributed by atoms with Crippen LogP contribution in [-0.2, 0) is 9.63 Å². The van der Waals surface area contributed by atoms with Crippen LogP contribution in [0, 0.1) is 0 Å². The van der Waals surface area contributed by atoms with Gasteiger partial charge in [0.15, 0.2) is 0 Å². The lowest BCUT2D eigenvalue weighted by Crippen LogP contribution is -2.35. The Morgan fingerprint density at radius 2 is 1.89 bits per heavy atom. The minimum Gasteiger partial charge on any atom is -0.494 e. The van der Waals surface area contributed by atoms with Crippen molar-refractivity contribution in [2.45, 2.75) is 6.10 Å². The fraction of sp³-hybridized carbons (Fsp3) is 0.200. The molecule has 1 unspecified atom stereocenters. The molecule has 0 fully saturated rings. The second-order valence-electron chi connectivity index (χ2n) is 3.16. The quantitative estimate of drug-likeness (QED) is 0.485. The molecule has 1 atom stereocenters. The van der Waals surface area contributed by atoms with Crippen molar-refractivity contribution in [2.75, 3.05) is 7.11 Å². The largest absolute Gasteiger partial charge is 0.494 e. The van der Waals surface area contributed by atoms with Crippen molar-refractivity contribution in [1.82, 2.24) is 0 Å². The Morgan fingerprint density at radius 1 is 1.33 bits per heavy atom. The molecule has 1 aromatic carbocycles. The molecule has 18 heavy (non-hydrogen) atoms. The van der Waals surface area contributed by atoms with Crippen LogP contribution in [0.4, 0.5) is 0 Å². The summed E-state index contributed by atoms with van der Waals surface area (Å²) in [5.41, 5.74) is -0.190. The third-order valence-electron chi connectivity index (χ3n) is 2.11. The average Bonchev–Trinajstić information content (AvgIpc) is 2.31. The van der Waals surface area contributed by atoms with Crippen molar-refractivity contribution in [3.05, 3.63) is 27.7 Å². The number of Topliss-reactive ketones (excluding diaryl/α,β-unsaturated/α-hetero) is 1. The number of carbonyl (C=O) groups excluding carboxylic acids is 1. The first kappa shape index (κ1) is 14.7. The number of methoxy groups -OCH3 is 1. The van der Waals surface area contributed by atoms with Gasteiger partial charge < -0.3 is 9.84 Å². The van der Waals surface area contributed by atoms with Gasteiger partial charge in [0.1, 0.15) is 5.75 Å². The molecule has 0 aromatic heterocycles. The molecule has 3 N–H and O–H groups in total. The molecule has 1 aromatic rings. The van der Waals surface area contributed by atoms with Gasteiger partial charge in [-0.3, -0.25) is 9.63 Å². The van der Waals surface area contributed by atoms with Crippen molar-refractivity contribution < 1.29 is 24.3 Å². The molecular weight excluding hydrogens is 285 g/mol. The maximum absolute atomic E-state index is 12.0. The van der Waals surface area contributed by atoms with Crippen LogP contribution < -0.4 is 10.6 Å². The topological polar surface area (TPSA) is 98.9 Å². The molecule has 0 bridgehead atoms. The Labute approximate surface area is 112 Å². The van der Waals surface area contributed by atoms with Gasteiger partial charge in [-0.15, -0.1) is 0 Å². The number of ketones is 1. The number of hydrogen-bond acceptors (Lipinski definition) is 5. The maximum Gasteiger partial charge on any atom is 0.343 e. The Morgan fingerprint density at radius 3 is 2.33 bits per heavy atom. The highest BCUT2D eigenvalue weighted by atomic mass is 35.5. The number of ether oxygens (including phenoxy) is 1. The number of halogens is 2. The maximum atomic E-state index is 12.0. The van der Waals surface area contributed by atoms with Crippen LogP contribution in [0.3, 0.4) is 0 Å². The second-order valence-corrected chi connectivity index (χ2v) is 3.97. The minimum atomic E-state index is -1.88. The molecule has 98 valence electrons. The second kappa shape index (κ2) is 6.01. The van der Waals surface area contributed by atoms with Crippen LogP contribution in [0.1, 0.15) is 10.4 Å². The fourth-order valence-corrected chi connectivity index (χ4v) is 1.80. The summed E-state index contributed by atoms with van der Waals surface area (Å²) in [4.78, 5) is 26.9. The summed E-state index contributed by atoms with van der Waals surface area (Å²) in [5, 5.41) is 8.89. The number of benzene rings is 1. The molecule has 1 rings (SSSR count). The van der Waals surface area contributed by atoms with Gasteiger partial charge in [0.25, 0.3) is 0 Å². The van der Waals surface area contributed by atoms with Crippen molar-refractivity contribution >= 4 is 35.0 Å². The number of nitrogens with two attached hydrogens (primary N) is 1. The fourth-order valence-electron chi connectivity index (χ4n) is 1.33. The van der Waals surface area contributed by atoms with Crippen molar-refractivity contribution in [3.8, 4) is 5.75 Å². The predicted molar refractivity (Wildman–Crippen MR) is 64.0 cm³/mol. The molecule has 0 saturated carbocycles. The van der Waals surface area contributed by atoms with Gasteiger partial charge in [-0.05, 0) is 12.1 Å². The number of carbonyl (C=O) groups is 2. The zero-order valence-electron chi connectivity index (χ0n) is 9.15. The molecule has 0 saturated heterocycles. The monoisotopic (exact) mass is 293 g/mol. The Hall–Kier alpha value is -1.34. The lowest BCUT2D eigenvalue weighted by atomic mass is 10.0. The third kappa shape index (κ3) is 2.73.